The van der Waals surface area contributed by atoms with E-state index in [9.17, 15) is 4.39 Å². The molecule has 2 atom stereocenters. The monoisotopic (exact) mass is 296 g/mol. The van der Waals surface area contributed by atoms with Crippen LogP contribution in [0.3, 0.4) is 0 Å². The van der Waals surface area contributed by atoms with E-state index in [-0.39, 0.29) is 11.9 Å². The smallest absolute Gasteiger partial charge is 0.126 e. The number of thioether (sulfide) groups is 1. The zero-order valence-electron chi connectivity index (χ0n) is 12.4. The molecule has 4 heteroatoms. The first kappa shape index (κ1) is 15.8. The summed E-state index contributed by atoms with van der Waals surface area (Å²) >= 11 is 2.08. The van der Waals surface area contributed by atoms with E-state index in [0.29, 0.717) is 5.56 Å². The molecule has 20 heavy (non-hydrogen) atoms. The van der Waals surface area contributed by atoms with Gasteiger partial charge in [0.05, 0.1) is 0 Å². The molecule has 0 aliphatic carbocycles. The summed E-state index contributed by atoms with van der Waals surface area (Å²) in [6, 6.07) is 5.28. The van der Waals surface area contributed by atoms with Gasteiger partial charge in [0.1, 0.15) is 5.82 Å². The van der Waals surface area contributed by atoms with Gasteiger partial charge in [0.2, 0.25) is 0 Å². The highest BCUT2D eigenvalue weighted by Crippen LogP contribution is 2.23. The Kier molecular flexibility index (Phi) is 5.87. The predicted molar refractivity (Wildman–Crippen MR) is 85.7 cm³/mol. The largest absolute Gasteiger partial charge is 0.324 e. The van der Waals surface area contributed by atoms with Crippen LogP contribution < -0.4 is 5.73 Å². The average molecular weight is 296 g/mol. The van der Waals surface area contributed by atoms with Crippen LogP contribution in [-0.4, -0.2) is 35.5 Å². The first-order valence-corrected chi connectivity index (χ1v) is 8.50. The maximum atomic E-state index is 13.6. The van der Waals surface area contributed by atoms with Crippen LogP contribution in [0.25, 0.3) is 0 Å². The van der Waals surface area contributed by atoms with Crippen LogP contribution in [-0.2, 0) is 0 Å². The molecule has 0 radical (unpaired) electrons. The van der Waals surface area contributed by atoms with E-state index in [4.69, 9.17) is 5.73 Å². The topological polar surface area (TPSA) is 29.3 Å². The molecular formula is C16H25FN2S. The van der Waals surface area contributed by atoms with E-state index >= 15 is 0 Å². The summed E-state index contributed by atoms with van der Waals surface area (Å²) in [5.74, 6) is 1.06. The summed E-state index contributed by atoms with van der Waals surface area (Å²) in [5, 5.41) is 0.761. The first-order chi connectivity index (χ1) is 9.60. The lowest BCUT2D eigenvalue weighted by Gasteiger charge is -2.32. The lowest BCUT2D eigenvalue weighted by Crippen LogP contribution is -2.39. The molecule has 1 fully saturated rings. The first-order valence-electron chi connectivity index (χ1n) is 7.45. The standard InChI is InChI=1S/C16H25FN2S/c1-3-14-11-19(8-9-20-14)7-6-16(18)13-5-4-12(2)15(17)10-13/h4-5,10,14,16H,3,6-9,11,18H2,1-2H3. The second-order valence-electron chi connectivity index (χ2n) is 5.61. The second kappa shape index (κ2) is 7.43. The maximum Gasteiger partial charge on any atom is 0.126 e. The van der Waals surface area contributed by atoms with Gasteiger partial charge in [-0.3, -0.25) is 0 Å². The van der Waals surface area contributed by atoms with Crippen LogP contribution in [0.1, 0.15) is 36.9 Å². The highest BCUT2D eigenvalue weighted by Gasteiger charge is 2.19. The minimum atomic E-state index is -0.154. The van der Waals surface area contributed by atoms with Gasteiger partial charge in [0, 0.05) is 36.7 Å². The Labute approximate surface area is 125 Å². The van der Waals surface area contributed by atoms with Gasteiger partial charge in [-0.25, -0.2) is 4.39 Å². The van der Waals surface area contributed by atoms with Crippen molar-refractivity contribution >= 4 is 11.8 Å². The van der Waals surface area contributed by atoms with Crippen molar-refractivity contribution in [2.75, 3.05) is 25.4 Å². The normalized spacial score (nSPS) is 21.9. The molecule has 0 spiro atoms. The summed E-state index contributed by atoms with van der Waals surface area (Å²) in [6.07, 6.45) is 2.12. The molecule has 1 heterocycles. The lowest BCUT2D eigenvalue weighted by molar-refractivity contribution is 0.270. The lowest BCUT2D eigenvalue weighted by atomic mass is 10.0. The third-order valence-electron chi connectivity index (χ3n) is 4.06. The predicted octanol–water partition coefficient (Wildman–Crippen LogP) is 3.35. The Morgan fingerprint density at radius 3 is 3.00 bits per heavy atom. The minimum absolute atomic E-state index is 0.0697. The van der Waals surface area contributed by atoms with Crippen molar-refractivity contribution in [3.05, 3.63) is 35.1 Å². The molecule has 0 aromatic heterocycles. The molecule has 112 valence electrons. The molecule has 0 bridgehead atoms. The van der Waals surface area contributed by atoms with Gasteiger partial charge in [-0.15, -0.1) is 0 Å². The summed E-state index contributed by atoms with van der Waals surface area (Å²) in [5.41, 5.74) is 7.79. The molecule has 1 aromatic rings. The fourth-order valence-electron chi connectivity index (χ4n) is 2.56. The van der Waals surface area contributed by atoms with Crippen molar-refractivity contribution in [2.24, 2.45) is 5.73 Å². The van der Waals surface area contributed by atoms with Gasteiger partial charge in [-0.1, -0.05) is 19.1 Å². The van der Waals surface area contributed by atoms with E-state index in [2.05, 4.69) is 23.6 Å². The number of halogens is 1. The van der Waals surface area contributed by atoms with Crippen molar-refractivity contribution < 1.29 is 4.39 Å². The number of nitrogens with zero attached hydrogens (tertiary/aromatic N) is 1. The van der Waals surface area contributed by atoms with Gasteiger partial charge in [-0.05, 0) is 37.0 Å². The number of hydrogen-bond donors (Lipinski definition) is 1. The molecule has 2 rings (SSSR count). The fourth-order valence-corrected chi connectivity index (χ4v) is 3.81. The molecule has 0 saturated carbocycles. The highest BCUT2D eigenvalue weighted by molar-refractivity contribution is 8.00. The van der Waals surface area contributed by atoms with Crippen molar-refractivity contribution in [3.63, 3.8) is 0 Å². The molecule has 1 aromatic carbocycles. The average Bonchev–Trinajstić information content (AvgIpc) is 2.47. The zero-order chi connectivity index (χ0) is 14.5. The van der Waals surface area contributed by atoms with Crippen LogP contribution in [0.2, 0.25) is 0 Å². The summed E-state index contributed by atoms with van der Waals surface area (Å²) in [7, 11) is 0. The molecule has 1 aliphatic rings. The highest BCUT2D eigenvalue weighted by atomic mass is 32.2. The van der Waals surface area contributed by atoms with E-state index in [0.717, 1.165) is 36.9 Å². The number of rotatable bonds is 5. The third-order valence-corrected chi connectivity index (χ3v) is 5.43. The van der Waals surface area contributed by atoms with E-state index in [1.807, 2.05) is 12.1 Å². The van der Waals surface area contributed by atoms with Crippen LogP contribution in [0.5, 0.6) is 0 Å². The van der Waals surface area contributed by atoms with Gasteiger partial charge < -0.3 is 10.6 Å². The Morgan fingerprint density at radius 2 is 2.30 bits per heavy atom. The second-order valence-corrected chi connectivity index (χ2v) is 7.01. The molecule has 2 N–H and O–H groups in total. The van der Waals surface area contributed by atoms with Crippen LogP contribution in [0.4, 0.5) is 4.39 Å². The molecule has 0 amide bonds. The van der Waals surface area contributed by atoms with E-state index < -0.39 is 0 Å². The fraction of sp³-hybridized carbons (Fsp3) is 0.625. The quantitative estimate of drug-likeness (QED) is 0.903. The molecule has 2 unspecified atom stereocenters. The summed E-state index contributed by atoms with van der Waals surface area (Å²) < 4.78 is 13.6. The van der Waals surface area contributed by atoms with Crippen molar-refractivity contribution in [1.82, 2.24) is 4.90 Å². The Bertz CT molecular complexity index is 438. The van der Waals surface area contributed by atoms with Crippen molar-refractivity contribution in [2.45, 2.75) is 38.0 Å². The number of aryl methyl sites for hydroxylation is 1. The number of hydrogen-bond acceptors (Lipinski definition) is 3. The van der Waals surface area contributed by atoms with Crippen LogP contribution in [0, 0.1) is 12.7 Å². The zero-order valence-corrected chi connectivity index (χ0v) is 13.3. The molecule has 2 nitrogen and oxygen atoms in total. The maximum absolute atomic E-state index is 13.6. The third kappa shape index (κ3) is 4.21. The minimum Gasteiger partial charge on any atom is -0.324 e. The summed E-state index contributed by atoms with van der Waals surface area (Å²) in [4.78, 5) is 2.50. The Balaban J connectivity index is 1.85. The van der Waals surface area contributed by atoms with Gasteiger partial charge >= 0.3 is 0 Å². The van der Waals surface area contributed by atoms with E-state index in [1.165, 1.54) is 12.2 Å². The molecular weight excluding hydrogens is 271 g/mol. The summed E-state index contributed by atoms with van der Waals surface area (Å²) in [6.45, 7) is 7.35. The molecule has 1 saturated heterocycles. The van der Waals surface area contributed by atoms with Gasteiger partial charge in [0.25, 0.3) is 0 Å². The Hall–Kier alpha value is -0.580. The van der Waals surface area contributed by atoms with Crippen LogP contribution in [0.15, 0.2) is 18.2 Å². The number of nitrogens with two attached hydrogens (primary N) is 1. The SMILES string of the molecule is CCC1CN(CCC(N)c2ccc(C)c(F)c2)CCS1. The number of benzene rings is 1. The van der Waals surface area contributed by atoms with Crippen LogP contribution >= 0.6 is 11.8 Å². The van der Waals surface area contributed by atoms with Gasteiger partial charge in [0.15, 0.2) is 0 Å². The van der Waals surface area contributed by atoms with Crippen molar-refractivity contribution in [3.8, 4) is 0 Å². The van der Waals surface area contributed by atoms with Crippen molar-refractivity contribution in [1.29, 1.82) is 0 Å². The molecule has 1 aliphatic heterocycles. The van der Waals surface area contributed by atoms with Gasteiger partial charge in [-0.2, -0.15) is 11.8 Å². The van der Waals surface area contributed by atoms with E-state index in [1.54, 1.807) is 13.0 Å². The Morgan fingerprint density at radius 1 is 1.50 bits per heavy atom.